The minimum atomic E-state index is -1.05. The molecule has 3 aliphatic heterocycles. The van der Waals surface area contributed by atoms with E-state index in [1.165, 1.54) is 6.42 Å². The molecule has 0 aliphatic carbocycles. The summed E-state index contributed by atoms with van der Waals surface area (Å²) >= 11 is 0. The van der Waals surface area contributed by atoms with E-state index in [1.54, 1.807) is 20.0 Å². The third kappa shape index (κ3) is 3.43. The van der Waals surface area contributed by atoms with E-state index >= 15 is 0 Å². The van der Waals surface area contributed by atoms with Crippen LogP contribution in [0.25, 0.3) is 0 Å². The van der Waals surface area contributed by atoms with Gasteiger partial charge >= 0.3 is 5.97 Å². The number of carboxylic acid groups (broad SMARTS) is 1. The quantitative estimate of drug-likeness (QED) is 0.823. The molecule has 154 valence electrons. The molecule has 4 heterocycles. The number of morpholine rings is 1. The van der Waals surface area contributed by atoms with Gasteiger partial charge in [0.05, 0.1) is 18.6 Å². The molecule has 0 bridgehead atoms. The van der Waals surface area contributed by atoms with Gasteiger partial charge in [0.1, 0.15) is 5.82 Å². The molecule has 3 fully saturated rings. The fourth-order valence-corrected chi connectivity index (χ4v) is 4.69. The molecule has 4 rings (SSSR count). The molecular weight excluding hydrogens is 358 g/mol. The predicted molar refractivity (Wildman–Crippen MR) is 107 cm³/mol. The molecule has 3 saturated heterocycles. The molecule has 3 aliphatic rings. The summed E-state index contributed by atoms with van der Waals surface area (Å²) in [5, 5.41) is 9.75. The Labute approximate surface area is 166 Å². The second kappa shape index (κ2) is 7.15. The Morgan fingerprint density at radius 2 is 1.86 bits per heavy atom. The Bertz CT molecular complexity index is 749. The zero-order valence-corrected chi connectivity index (χ0v) is 17.1. The standard InChI is InChI=1S/C20H31N5O3/c1-19(2,17(26)27)15-12-21-18(22-16(15)24-8-10-28-11-9-24)25-7-5-20(14-25)4-6-23(3)13-20/h12H,4-11,13-14H2,1-3H3,(H,26,27)/t20-/m0/s1. The van der Waals surface area contributed by atoms with Crippen LogP contribution in [0.5, 0.6) is 0 Å². The van der Waals surface area contributed by atoms with Gasteiger partial charge in [0.25, 0.3) is 0 Å². The topological polar surface area (TPSA) is 82.0 Å². The van der Waals surface area contributed by atoms with Gasteiger partial charge in [-0.05, 0) is 40.3 Å². The predicted octanol–water partition coefficient (Wildman–Crippen LogP) is 1.21. The number of aromatic nitrogens is 2. The summed E-state index contributed by atoms with van der Waals surface area (Å²) in [5.74, 6) is 0.593. The van der Waals surface area contributed by atoms with Crippen LogP contribution in [-0.2, 0) is 14.9 Å². The third-order valence-electron chi connectivity index (χ3n) is 6.62. The van der Waals surface area contributed by atoms with Crippen LogP contribution in [0.15, 0.2) is 6.20 Å². The molecule has 1 spiro atoms. The van der Waals surface area contributed by atoms with Crippen LogP contribution in [0.1, 0.15) is 32.3 Å². The maximum Gasteiger partial charge on any atom is 0.313 e. The number of hydrogen-bond acceptors (Lipinski definition) is 7. The van der Waals surface area contributed by atoms with Crippen molar-refractivity contribution in [3.63, 3.8) is 0 Å². The molecule has 8 nitrogen and oxygen atoms in total. The van der Waals surface area contributed by atoms with Crippen molar-refractivity contribution in [1.29, 1.82) is 0 Å². The van der Waals surface area contributed by atoms with E-state index in [0.717, 1.165) is 44.4 Å². The zero-order chi connectivity index (χ0) is 19.9. The lowest BCUT2D eigenvalue weighted by Gasteiger charge is -2.33. The van der Waals surface area contributed by atoms with Crippen molar-refractivity contribution in [2.45, 2.75) is 32.1 Å². The number of hydrogen-bond donors (Lipinski definition) is 1. The van der Waals surface area contributed by atoms with Crippen molar-refractivity contribution >= 4 is 17.7 Å². The van der Waals surface area contributed by atoms with Gasteiger partial charge in [-0.15, -0.1) is 0 Å². The van der Waals surface area contributed by atoms with Crippen LogP contribution in [0.4, 0.5) is 11.8 Å². The molecule has 1 aromatic rings. The summed E-state index contributed by atoms with van der Waals surface area (Å²) in [6.45, 7) is 10.3. The van der Waals surface area contributed by atoms with Crippen LogP contribution in [0, 0.1) is 5.41 Å². The summed E-state index contributed by atoms with van der Waals surface area (Å²) in [4.78, 5) is 28.2. The first-order valence-electron chi connectivity index (χ1n) is 10.2. The summed E-state index contributed by atoms with van der Waals surface area (Å²) < 4.78 is 5.48. The minimum absolute atomic E-state index is 0.343. The molecule has 28 heavy (non-hydrogen) atoms. The highest BCUT2D eigenvalue weighted by molar-refractivity contribution is 5.82. The first-order chi connectivity index (χ1) is 13.3. The third-order valence-corrected chi connectivity index (χ3v) is 6.62. The number of aliphatic carboxylic acids is 1. The average molecular weight is 390 g/mol. The van der Waals surface area contributed by atoms with E-state index in [9.17, 15) is 9.90 Å². The minimum Gasteiger partial charge on any atom is -0.481 e. The highest BCUT2D eigenvalue weighted by atomic mass is 16.5. The van der Waals surface area contributed by atoms with E-state index in [-0.39, 0.29) is 0 Å². The van der Waals surface area contributed by atoms with Crippen molar-refractivity contribution in [1.82, 2.24) is 14.9 Å². The van der Waals surface area contributed by atoms with Crippen LogP contribution in [0.3, 0.4) is 0 Å². The number of carboxylic acids is 1. The first kappa shape index (κ1) is 19.4. The maximum atomic E-state index is 11.9. The van der Waals surface area contributed by atoms with Crippen LogP contribution in [-0.4, -0.2) is 85.5 Å². The highest BCUT2D eigenvalue weighted by Gasteiger charge is 2.43. The number of carbonyl (C=O) groups is 1. The van der Waals surface area contributed by atoms with Gasteiger partial charge in [0.2, 0.25) is 5.95 Å². The molecule has 0 amide bonds. The van der Waals surface area contributed by atoms with E-state index < -0.39 is 11.4 Å². The Balaban J connectivity index is 1.65. The van der Waals surface area contributed by atoms with Gasteiger partial charge < -0.3 is 24.5 Å². The van der Waals surface area contributed by atoms with Gasteiger partial charge in [-0.3, -0.25) is 4.79 Å². The highest BCUT2D eigenvalue weighted by Crippen LogP contribution is 2.40. The van der Waals surface area contributed by atoms with E-state index in [0.29, 0.717) is 37.3 Å². The Hall–Kier alpha value is -1.93. The van der Waals surface area contributed by atoms with Gasteiger partial charge in [0.15, 0.2) is 0 Å². The molecule has 1 atom stereocenters. The maximum absolute atomic E-state index is 11.9. The van der Waals surface area contributed by atoms with Gasteiger partial charge in [-0.2, -0.15) is 4.98 Å². The van der Waals surface area contributed by atoms with Crippen LogP contribution >= 0.6 is 0 Å². The first-order valence-corrected chi connectivity index (χ1v) is 10.2. The fourth-order valence-electron chi connectivity index (χ4n) is 4.69. The fraction of sp³-hybridized carbons (Fsp3) is 0.750. The van der Waals surface area contributed by atoms with E-state index in [4.69, 9.17) is 9.72 Å². The largest absolute Gasteiger partial charge is 0.481 e. The molecular formula is C20H31N5O3. The molecule has 8 heteroatoms. The number of likely N-dealkylation sites (tertiary alicyclic amines) is 1. The Kier molecular flexibility index (Phi) is 4.95. The van der Waals surface area contributed by atoms with Crippen molar-refractivity contribution in [3.8, 4) is 0 Å². The smallest absolute Gasteiger partial charge is 0.313 e. The van der Waals surface area contributed by atoms with E-state index in [1.807, 2.05) is 0 Å². The summed E-state index contributed by atoms with van der Waals surface area (Å²) in [6.07, 6.45) is 4.11. The van der Waals surface area contributed by atoms with Gasteiger partial charge in [-0.25, -0.2) is 4.98 Å². The Morgan fingerprint density at radius 3 is 2.50 bits per heavy atom. The summed E-state index contributed by atoms with van der Waals surface area (Å²) in [7, 11) is 2.19. The monoisotopic (exact) mass is 389 g/mol. The lowest BCUT2D eigenvalue weighted by Crippen LogP contribution is -2.40. The lowest BCUT2D eigenvalue weighted by molar-refractivity contribution is -0.142. The zero-order valence-electron chi connectivity index (χ0n) is 17.1. The van der Waals surface area contributed by atoms with Crippen molar-refractivity contribution in [3.05, 3.63) is 11.8 Å². The molecule has 1 N–H and O–H groups in total. The number of ether oxygens (including phenoxy) is 1. The summed E-state index contributed by atoms with van der Waals surface area (Å²) in [5.41, 5.74) is -0.0387. The molecule has 0 aromatic carbocycles. The second-order valence-corrected chi connectivity index (χ2v) is 9.10. The normalized spacial score (nSPS) is 26.4. The molecule has 1 aromatic heterocycles. The van der Waals surface area contributed by atoms with Crippen LogP contribution in [0.2, 0.25) is 0 Å². The van der Waals surface area contributed by atoms with Crippen molar-refractivity contribution in [2.75, 3.05) is 69.3 Å². The van der Waals surface area contributed by atoms with Gasteiger partial charge in [0, 0.05) is 49.9 Å². The van der Waals surface area contributed by atoms with Crippen LogP contribution < -0.4 is 9.80 Å². The SMILES string of the molecule is CN1CC[C@]2(CCN(c3ncc(C(C)(C)C(=O)O)c(N4CCOCC4)n3)C2)C1. The number of anilines is 2. The second-order valence-electron chi connectivity index (χ2n) is 9.10. The lowest BCUT2D eigenvalue weighted by atomic mass is 9.85. The average Bonchev–Trinajstić information content (AvgIpc) is 3.27. The van der Waals surface area contributed by atoms with Gasteiger partial charge in [-0.1, -0.05) is 0 Å². The Morgan fingerprint density at radius 1 is 1.14 bits per heavy atom. The summed E-state index contributed by atoms with van der Waals surface area (Å²) in [6, 6.07) is 0. The number of nitrogens with zero attached hydrogens (tertiary/aromatic N) is 5. The molecule has 0 radical (unpaired) electrons. The van der Waals surface area contributed by atoms with E-state index in [2.05, 4.69) is 26.7 Å². The molecule has 0 unspecified atom stereocenters. The van der Waals surface area contributed by atoms with Crippen molar-refractivity contribution < 1.29 is 14.6 Å². The molecule has 0 saturated carbocycles. The number of rotatable bonds is 4. The van der Waals surface area contributed by atoms with Crippen molar-refractivity contribution in [2.24, 2.45) is 5.41 Å².